The molecule has 0 radical (unpaired) electrons. The lowest BCUT2D eigenvalue weighted by Crippen LogP contribution is -2.11. The molecule has 0 spiro atoms. The van der Waals surface area contributed by atoms with E-state index in [0.29, 0.717) is 18.6 Å². The van der Waals surface area contributed by atoms with Crippen molar-refractivity contribution in [3.8, 4) is 0 Å². The summed E-state index contributed by atoms with van der Waals surface area (Å²) >= 11 is 0. The van der Waals surface area contributed by atoms with E-state index in [-0.39, 0.29) is 0 Å². The van der Waals surface area contributed by atoms with Gasteiger partial charge in [0.25, 0.3) is 0 Å². The lowest BCUT2D eigenvalue weighted by molar-refractivity contribution is 0.0825. The molecule has 2 nitrogen and oxygen atoms in total. The van der Waals surface area contributed by atoms with Crippen LogP contribution in [-0.4, -0.2) is 19.3 Å². The van der Waals surface area contributed by atoms with Gasteiger partial charge in [-0.2, -0.15) is 0 Å². The molecule has 14 heavy (non-hydrogen) atoms. The fourth-order valence-electron chi connectivity index (χ4n) is 1.43. The first kappa shape index (κ1) is 9.69. The zero-order valence-corrected chi connectivity index (χ0v) is 8.48. The Hall–Kier alpha value is -0.860. The molecule has 0 N–H and O–H groups in total. The number of hydrogen-bond donors (Lipinski definition) is 0. The Morgan fingerprint density at radius 1 is 1.43 bits per heavy atom. The van der Waals surface area contributed by atoms with Crippen molar-refractivity contribution in [3.63, 3.8) is 0 Å². The van der Waals surface area contributed by atoms with Crippen LogP contribution in [0.15, 0.2) is 30.3 Å². The number of epoxide rings is 1. The Balaban J connectivity index is 1.67. The zero-order valence-electron chi connectivity index (χ0n) is 8.48. The van der Waals surface area contributed by atoms with Crippen LogP contribution in [0.4, 0.5) is 0 Å². The minimum absolute atomic E-state index is 0.450. The molecule has 76 valence electrons. The van der Waals surface area contributed by atoms with Crippen LogP contribution in [-0.2, 0) is 16.1 Å². The van der Waals surface area contributed by atoms with Crippen LogP contribution in [0.3, 0.4) is 0 Å². The van der Waals surface area contributed by atoms with Gasteiger partial charge in [-0.05, 0) is 5.56 Å². The molecular weight excluding hydrogens is 176 g/mol. The van der Waals surface area contributed by atoms with Gasteiger partial charge in [-0.1, -0.05) is 37.3 Å². The first-order valence-electron chi connectivity index (χ1n) is 5.09. The monoisotopic (exact) mass is 192 g/mol. The summed E-state index contributed by atoms with van der Waals surface area (Å²) in [6, 6.07) is 10.2. The minimum atomic E-state index is 0.450. The highest BCUT2D eigenvalue weighted by atomic mass is 16.6. The predicted molar refractivity (Wildman–Crippen MR) is 55.0 cm³/mol. The molecule has 2 heteroatoms. The van der Waals surface area contributed by atoms with E-state index < -0.39 is 0 Å². The maximum Gasteiger partial charge on any atom is 0.0857 e. The first-order chi connectivity index (χ1) is 6.86. The van der Waals surface area contributed by atoms with E-state index in [4.69, 9.17) is 9.47 Å². The molecule has 1 aromatic rings. The second-order valence-electron chi connectivity index (χ2n) is 3.85. The molecule has 0 aliphatic carbocycles. The molecule has 1 fully saturated rings. The van der Waals surface area contributed by atoms with E-state index >= 15 is 0 Å². The van der Waals surface area contributed by atoms with Gasteiger partial charge in [0.05, 0.1) is 25.9 Å². The normalized spacial score (nSPS) is 21.9. The van der Waals surface area contributed by atoms with Gasteiger partial charge < -0.3 is 9.47 Å². The third-order valence-electron chi connectivity index (χ3n) is 2.49. The van der Waals surface area contributed by atoms with E-state index in [2.05, 4.69) is 19.1 Å². The lowest BCUT2D eigenvalue weighted by atomic mass is 10.1. The van der Waals surface area contributed by atoms with Crippen molar-refractivity contribution in [1.29, 1.82) is 0 Å². The SMILES string of the molecule is C[C@@H](COCc1ccccc1)[C@H]1CO1. The summed E-state index contributed by atoms with van der Waals surface area (Å²) in [5.41, 5.74) is 1.23. The number of benzene rings is 1. The van der Waals surface area contributed by atoms with Gasteiger partial charge in [0.15, 0.2) is 0 Å². The zero-order chi connectivity index (χ0) is 9.80. The van der Waals surface area contributed by atoms with Crippen molar-refractivity contribution in [2.45, 2.75) is 19.6 Å². The van der Waals surface area contributed by atoms with Gasteiger partial charge in [0.1, 0.15) is 0 Å². The average Bonchev–Trinajstić information content (AvgIpc) is 3.02. The molecular formula is C12H16O2. The number of rotatable bonds is 5. The van der Waals surface area contributed by atoms with Gasteiger partial charge in [0, 0.05) is 5.92 Å². The molecule has 0 bridgehead atoms. The number of hydrogen-bond acceptors (Lipinski definition) is 2. The van der Waals surface area contributed by atoms with Crippen molar-refractivity contribution in [3.05, 3.63) is 35.9 Å². The van der Waals surface area contributed by atoms with Gasteiger partial charge in [-0.15, -0.1) is 0 Å². The Labute approximate surface area is 84.8 Å². The summed E-state index contributed by atoms with van der Waals surface area (Å²) < 4.78 is 10.8. The Morgan fingerprint density at radius 2 is 2.14 bits per heavy atom. The Bertz CT molecular complexity index is 267. The van der Waals surface area contributed by atoms with Crippen LogP contribution in [0.5, 0.6) is 0 Å². The van der Waals surface area contributed by atoms with E-state index in [0.717, 1.165) is 13.2 Å². The molecule has 2 rings (SSSR count). The summed E-state index contributed by atoms with van der Waals surface area (Å²) in [7, 11) is 0. The summed E-state index contributed by atoms with van der Waals surface area (Å²) in [6.07, 6.45) is 0.450. The second-order valence-corrected chi connectivity index (χ2v) is 3.85. The van der Waals surface area contributed by atoms with Crippen LogP contribution in [0.1, 0.15) is 12.5 Å². The largest absolute Gasteiger partial charge is 0.376 e. The third kappa shape index (κ3) is 2.82. The molecule has 1 heterocycles. The van der Waals surface area contributed by atoms with E-state index in [9.17, 15) is 0 Å². The second kappa shape index (κ2) is 4.58. The lowest BCUT2D eigenvalue weighted by Gasteiger charge is -2.08. The van der Waals surface area contributed by atoms with E-state index in [1.165, 1.54) is 5.56 Å². The fraction of sp³-hybridized carbons (Fsp3) is 0.500. The third-order valence-corrected chi connectivity index (χ3v) is 2.49. The van der Waals surface area contributed by atoms with Crippen molar-refractivity contribution >= 4 is 0 Å². The standard InChI is InChI=1S/C12H16O2/c1-10(12-9-14-12)7-13-8-11-5-3-2-4-6-11/h2-6,10,12H,7-9H2,1H3/t10-,12+/m0/s1. The summed E-state index contributed by atoms with van der Waals surface area (Å²) in [4.78, 5) is 0. The predicted octanol–water partition coefficient (Wildman–Crippen LogP) is 2.24. The Morgan fingerprint density at radius 3 is 2.79 bits per heavy atom. The minimum Gasteiger partial charge on any atom is -0.376 e. The first-order valence-corrected chi connectivity index (χ1v) is 5.09. The van der Waals surface area contributed by atoms with Crippen LogP contribution in [0.25, 0.3) is 0 Å². The van der Waals surface area contributed by atoms with Crippen molar-refractivity contribution < 1.29 is 9.47 Å². The maximum absolute atomic E-state index is 5.60. The highest BCUT2D eigenvalue weighted by molar-refractivity contribution is 5.13. The van der Waals surface area contributed by atoms with Crippen LogP contribution in [0.2, 0.25) is 0 Å². The molecule has 0 unspecified atom stereocenters. The Kier molecular flexibility index (Phi) is 3.17. The quantitative estimate of drug-likeness (QED) is 0.667. The topological polar surface area (TPSA) is 21.8 Å². The smallest absolute Gasteiger partial charge is 0.0857 e. The molecule has 1 aliphatic heterocycles. The molecule has 2 atom stereocenters. The van der Waals surface area contributed by atoms with Crippen molar-refractivity contribution in [2.75, 3.05) is 13.2 Å². The van der Waals surface area contributed by atoms with Gasteiger partial charge in [-0.25, -0.2) is 0 Å². The molecule has 0 saturated carbocycles. The average molecular weight is 192 g/mol. The molecule has 1 aliphatic rings. The summed E-state index contributed by atoms with van der Waals surface area (Å²) in [6.45, 7) is 4.58. The van der Waals surface area contributed by atoms with E-state index in [1.807, 2.05) is 18.2 Å². The van der Waals surface area contributed by atoms with Gasteiger partial charge in [0.2, 0.25) is 0 Å². The van der Waals surface area contributed by atoms with Crippen LogP contribution >= 0.6 is 0 Å². The highest BCUT2D eigenvalue weighted by Crippen LogP contribution is 2.20. The van der Waals surface area contributed by atoms with E-state index in [1.54, 1.807) is 0 Å². The molecule has 0 amide bonds. The van der Waals surface area contributed by atoms with Crippen molar-refractivity contribution in [1.82, 2.24) is 0 Å². The number of ether oxygens (including phenoxy) is 2. The maximum atomic E-state index is 5.60. The van der Waals surface area contributed by atoms with Crippen LogP contribution < -0.4 is 0 Å². The molecule has 0 aromatic heterocycles. The molecule has 1 saturated heterocycles. The van der Waals surface area contributed by atoms with Gasteiger partial charge in [-0.3, -0.25) is 0 Å². The van der Waals surface area contributed by atoms with Crippen LogP contribution in [0, 0.1) is 5.92 Å². The molecule has 1 aromatic carbocycles. The summed E-state index contributed by atoms with van der Waals surface area (Å²) in [5.74, 6) is 0.527. The van der Waals surface area contributed by atoms with Gasteiger partial charge >= 0.3 is 0 Å². The van der Waals surface area contributed by atoms with Crippen molar-refractivity contribution in [2.24, 2.45) is 5.92 Å². The summed E-state index contributed by atoms with van der Waals surface area (Å²) in [5, 5.41) is 0. The fourth-order valence-corrected chi connectivity index (χ4v) is 1.43. The highest BCUT2D eigenvalue weighted by Gasteiger charge is 2.29.